The molecule has 0 fully saturated rings. The summed E-state index contributed by atoms with van der Waals surface area (Å²) in [7, 11) is 4.04. The first kappa shape index (κ1) is 16.7. The average Bonchev–Trinajstić information content (AvgIpc) is 3.15. The Kier molecular flexibility index (Phi) is 5.00. The highest BCUT2D eigenvalue weighted by molar-refractivity contribution is 5.86. The summed E-state index contributed by atoms with van der Waals surface area (Å²) in [5.74, 6) is 0.392. The number of aryl methyl sites for hydroxylation is 2. The summed E-state index contributed by atoms with van der Waals surface area (Å²) >= 11 is 0. The zero-order chi connectivity index (χ0) is 17.1. The fourth-order valence-corrected chi connectivity index (χ4v) is 3.00. The molecule has 5 nitrogen and oxygen atoms in total. The highest BCUT2D eigenvalue weighted by Gasteiger charge is 2.13. The number of rotatable bonds is 7. The molecule has 0 radical (unpaired) electrons. The van der Waals surface area contributed by atoms with Gasteiger partial charge in [-0.2, -0.15) is 5.10 Å². The maximum Gasteiger partial charge on any atom is 0.0583 e. The minimum atomic E-state index is 0.392. The number of fused-ring (bicyclic) bond motifs is 1. The van der Waals surface area contributed by atoms with E-state index in [0.717, 1.165) is 48.4 Å². The van der Waals surface area contributed by atoms with Gasteiger partial charge in [-0.25, -0.2) is 0 Å². The van der Waals surface area contributed by atoms with Crippen molar-refractivity contribution in [2.45, 2.75) is 32.6 Å². The zero-order valence-electron chi connectivity index (χ0n) is 15.0. The molecular formula is C19H26N4O. The fourth-order valence-electron chi connectivity index (χ4n) is 3.00. The van der Waals surface area contributed by atoms with Gasteiger partial charge in [0.1, 0.15) is 0 Å². The molecule has 0 spiro atoms. The van der Waals surface area contributed by atoms with Crippen LogP contribution in [0.4, 0.5) is 0 Å². The van der Waals surface area contributed by atoms with E-state index < -0.39 is 0 Å². The van der Waals surface area contributed by atoms with E-state index in [2.05, 4.69) is 47.7 Å². The van der Waals surface area contributed by atoms with Gasteiger partial charge in [-0.15, -0.1) is 0 Å². The Balaban J connectivity index is 1.84. The minimum Gasteiger partial charge on any atom is -0.381 e. The van der Waals surface area contributed by atoms with E-state index in [-0.39, 0.29) is 0 Å². The van der Waals surface area contributed by atoms with Crippen LogP contribution in [0.25, 0.3) is 22.2 Å². The van der Waals surface area contributed by atoms with Gasteiger partial charge in [0.15, 0.2) is 0 Å². The number of nitrogens with zero attached hydrogens (tertiary/aromatic N) is 4. The van der Waals surface area contributed by atoms with Gasteiger partial charge in [0.2, 0.25) is 0 Å². The van der Waals surface area contributed by atoms with Gasteiger partial charge in [-0.3, -0.25) is 9.67 Å². The number of hydrogen-bond acceptors (Lipinski definition) is 3. The Hall–Kier alpha value is -2.14. The second-order valence-electron chi connectivity index (χ2n) is 6.46. The molecule has 0 saturated heterocycles. The molecule has 3 heterocycles. The molecule has 0 aliphatic rings. The maximum atomic E-state index is 5.61. The quantitative estimate of drug-likeness (QED) is 0.619. The van der Waals surface area contributed by atoms with E-state index in [4.69, 9.17) is 4.74 Å². The first-order valence-corrected chi connectivity index (χ1v) is 8.62. The Labute approximate surface area is 143 Å². The van der Waals surface area contributed by atoms with Gasteiger partial charge in [0.25, 0.3) is 0 Å². The maximum absolute atomic E-state index is 5.61. The number of hydrogen-bond donors (Lipinski definition) is 0. The molecule has 1 atom stereocenters. The first-order valence-electron chi connectivity index (χ1n) is 8.62. The van der Waals surface area contributed by atoms with Gasteiger partial charge >= 0.3 is 0 Å². The van der Waals surface area contributed by atoms with E-state index in [1.807, 2.05) is 30.3 Å². The summed E-state index contributed by atoms with van der Waals surface area (Å²) in [4.78, 5) is 4.67. The third-order valence-electron chi connectivity index (χ3n) is 4.50. The fraction of sp³-hybridized carbons (Fsp3) is 0.474. The molecule has 0 saturated carbocycles. The molecule has 3 aromatic heterocycles. The summed E-state index contributed by atoms with van der Waals surface area (Å²) in [6.07, 6.45) is 7.98. The van der Waals surface area contributed by atoms with E-state index in [0.29, 0.717) is 5.92 Å². The van der Waals surface area contributed by atoms with Crippen LogP contribution in [-0.4, -0.2) is 32.5 Å². The molecule has 3 rings (SSSR count). The summed E-state index contributed by atoms with van der Waals surface area (Å²) in [5, 5.41) is 5.43. The standard InChI is InChI=1S/C19H26N4O/c1-5-7-24-8-6-14(2)17-10-19-15(11-20-17)9-18(23(19)4)16-12-21-22(3)13-16/h9-14H,5-8H2,1-4H3. The topological polar surface area (TPSA) is 44.9 Å². The highest BCUT2D eigenvalue weighted by atomic mass is 16.5. The molecule has 5 heteroatoms. The Morgan fingerprint density at radius 2 is 2.00 bits per heavy atom. The van der Waals surface area contributed by atoms with E-state index in [9.17, 15) is 0 Å². The van der Waals surface area contributed by atoms with Gasteiger partial charge in [0, 0.05) is 62.3 Å². The third kappa shape index (κ3) is 3.36. The molecule has 128 valence electrons. The third-order valence-corrected chi connectivity index (χ3v) is 4.50. The highest BCUT2D eigenvalue weighted by Crippen LogP contribution is 2.28. The second kappa shape index (κ2) is 7.18. The van der Waals surface area contributed by atoms with Gasteiger partial charge in [-0.1, -0.05) is 13.8 Å². The summed E-state index contributed by atoms with van der Waals surface area (Å²) in [6, 6.07) is 4.39. The van der Waals surface area contributed by atoms with Crippen molar-refractivity contribution in [3.8, 4) is 11.3 Å². The molecule has 0 N–H and O–H groups in total. The van der Waals surface area contributed by atoms with Crippen LogP contribution in [0.1, 0.15) is 38.3 Å². The van der Waals surface area contributed by atoms with Crippen molar-refractivity contribution in [2.24, 2.45) is 14.1 Å². The monoisotopic (exact) mass is 326 g/mol. The zero-order valence-corrected chi connectivity index (χ0v) is 15.0. The van der Waals surface area contributed by atoms with Crippen LogP contribution in [0, 0.1) is 0 Å². The molecule has 0 aliphatic carbocycles. The molecule has 0 aromatic carbocycles. The van der Waals surface area contributed by atoms with Crippen LogP contribution in [0.2, 0.25) is 0 Å². The van der Waals surface area contributed by atoms with Crippen molar-refractivity contribution in [3.63, 3.8) is 0 Å². The van der Waals surface area contributed by atoms with E-state index in [1.165, 1.54) is 5.52 Å². The first-order chi connectivity index (χ1) is 11.6. The van der Waals surface area contributed by atoms with Gasteiger partial charge in [-0.05, 0) is 25.0 Å². The number of aromatic nitrogens is 4. The van der Waals surface area contributed by atoms with Crippen LogP contribution in [0.5, 0.6) is 0 Å². The molecular weight excluding hydrogens is 300 g/mol. The van der Waals surface area contributed by atoms with Crippen molar-refractivity contribution in [1.29, 1.82) is 0 Å². The molecule has 1 unspecified atom stereocenters. The van der Waals surface area contributed by atoms with E-state index >= 15 is 0 Å². The Morgan fingerprint density at radius 3 is 2.71 bits per heavy atom. The summed E-state index contributed by atoms with van der Waals surface area (Å²) in [6.45, 7) is 5.98. The lowest BCUT2D eigenvalue weighted by Crippen LogP contribution is -2.03. The van der Waals surface area contributed by atoms with Crippen molar-refractivity contribution >= 4 is 10.9 Å². The van der Waals surface area contributed by atoms with Gasteiger partial charge in [0.05, 0.1) is 17.4 Å². The predicted molar refractivity (Wildman–Crippen MR) is 97.1 cm³/mol. The Bertz CT molecular complexity index is 818. The smallest absolute Gasteiger partial charge is 0.0583 e. The number of pyridine rings is 1. The van der Waals surface area contributed by atoms with Crippen LogP contribution in [0.15, 0.2) is 30.7 Å². The van der Waals surface area contributed by atoms with Crippen LogP contribution in [0.3, 0.4) is 0 Å². The van der Waals surface area contributed by atoms with Crippen LogP contribution in [-0.2, 0) is 18.8 Å². The van der Waals surface area contributed by atoms with Crippen molar-refractivity contribution in [2.75, 3.05) is 13.2 Å². The summed E-state index contributed by atoms with van der Waals surface area (Å²) < 4.78 is 9.66. The van der Waals surface area contributed by atoms with Crippen LogP contribution >= 0.6 is 0 Å². The normalized spacial score (nSPS) is 12.8. The average molecular weight is 326 g/mol. The lowest BCUT2D eigenvalue weighted by Gasteiger charge is -2.11. The lowest BCUT2D eigenvalue weighted by atomic mass is 10.0. The predicted octanol–water partition coefficient (Wildman–Crippen LogP) is 3.89. The lowest BCUT2D eigenvalue weighted by molar-refractivity contribution is 0.128. The van der Waals surface area contributed by atoms with Crippen molar-refractivity contribution in [1.82, 2.24) is 19.3 Å². The SMILES string of the molecule is CCCOCCC(C)c1cc2c(cn1)cc(-c1cnn(C)c1)n2C. The molecule has 24 heavy (non-hydrogen) atoms. The van der Waals surface area contributed by atoms with E-state index in [1.54, 1.807) is 0 Å². The largest absolute Gasteiger partial charge is 0.381 e. The Morgan fingerprint density at radius 1 is 1.17 bits per heavy atom. The number of ether oxygens (including phenoxy) is 1. The van der Waals surface area contributed by atoms with Crippen molar-refractivity contribution < 1.29 is 4.74 Å². The van der Waals surface area contributed by atoms with Gasteiger partial charge < -0.3 is 9.30 Å². The molecule has 0 amide bonds. The van der Waals surface area contributed by atoms with Crippen LogP contribution < -0.4 is 0 Å². The minimum absolute atomic E-state index is 0.392. The van der Waals surface area contributed by atoms with Crippen molar-refractivity contribution in [3.05, 3.63) is 36.4 Å². The summed E-state index contributed by atoms with van der Waals surface area (Å²) in [5.41, 5.74) is 4.62. The second-order valence-corrected chi connectivity index (χ2v) is 6.46. The molecule has 0 aliphatic heterocycles. The molecule has 0 bridgehead atoms. The molecule has 3 aromatic rings.